The molecule has 4 aliphatic carbocycles. The van der Waals surface area contributed by atoms with Crippen LogP contribution in [0.15, 0.2) is 48.5 Å². The predicted octanol–water partition coefficient (Wildman–Crippen LogP) is 4.90. The zero-order valence-electron chi connectivity index (χ0n) is 18.7. The van der Waals surface area contributed by atoms with Crippen LogP contribution in [0.3, 0.4) is 0 Å². The molecule has 4 nitrogen and oxygen atoms in total. The van der Waals surface area contributed by atoms with Gasteiger partial charge in [0.2, 0.25) is 5.91 Å². The van der Waals surface area contributed by atoms with Crippen molar-refractivity contribution in [1.82, 2.24) is 5.32 Å². The molecular weight excluding hydrogens is 386 g/mol. The highest BCUT2D eigenvalue weighted by atomic mass is 16.5. The lowest BCUT2D eigenvalue weighted by molar-refractivity contribution is -0.149. The Morgan fingerprint density at radius 3 is 2.06 bits per heavy atom. The molecule has 2 aromatic rings. The Morgan fingerprint density at radius 2 is 1.48 bits per heavy atom. The highest BCUT2D eigenvalue weighted by molar-refractivity contribution is 5.83. The molecule has 164 valence electrons. The number of ether oxygens (including phenoxy) is 2. The minimum absolute atomic E-state index is 0.156. The lowest BCUT2D eigenvalue weighted by atomic mass is 9.42. The normalized spacial score (nSPS) is 30.8. The maximum Gasteiger partial charge on any atom is 0.226 e. The van der Waals surface area contributed by atoms with Crippen LogP contribution in [0, 0.1) is 17.3 Å². The Balaban J connectivity index is 1.29. The van der Waals surface area contributed by atoms with Gasteiger partial charge in [0.15, 0.2) is 0 Å². The molecule has 31 heavy (non-hydrogen) atoms. The van der Waals surface area contributed by atoms with Crippen LogP contribution in [0.2, 0.25) is 0 Å². The third-order valence-electron chi connectivity index (χ3n) is 8.10. The Bertz CT molecular complexity index is 920. The third kappa shape index (κ3) is 3.71. The molecule has 4 saturated carbocycles. The van der Waals surface area contributed by atoms with Gasteiger partial charge in [0.25, 0.3) is 0 Å². The van der Waals surface area contributed by atoms with Gasteiger partial charge in [-0.25, -0.2) is 0 Å². The molecule has 4 fully saturated rings. The zero-order valence-corrected chi connectivity index (χ0v) is 18.7. The number of methoxy groups -OCH3 is 2. The van der Waals surface area contributed by atoms with Gasteiger partial charge in [0, 0.05) is 6.54 Å². The average Bonchev–Trinajstić information content (AvgIpc) is 2.78. The van der Waals surface area contributed by atoms with Crippen molar-refractivity contribution in [2.24, 2.45) is 17.3 Å². The van der Waals surface area contributed by atoms with E-state index < -0.39 is 0 Å². The van der Waals surface area contributed by atoms with E-state index in [1.165, 1.54) is 30.4 Å². The molecule has 4 bridgehead atoms. The first-order valence-electron chi connectivity index (χ1n) is 11.6. The van der Waals surface area contributed by atoms with Gasteiger partial charge in [-0.1, -0.05) is 24.3 Å². The molecule has 0 unspecified atom stereocenters. The second-order valence-electron chi connectivity index (χ2n) is 10.1. The maximum absolute atomic E-state index is 13.5. The van der Waals surface area contributed by atoms with Crippen molar-refractivity contribution < 1.29 is 14.3 Å². The van der Waals surface area contributed by atoms with Crippen molar-refractivity contribution in [3.8, 4) is 11.5 Å². The summed E-state index contributed by atoms with van der Waals surface area (Å²) in [7, 11) is 3.39. The fraction of sp³-hybridized carbons (Fsp3) is 0.519. The Morgan fingerprint density at radius 1 is 0.903 bits per heavy atom. The SMILES string of the molecule is COc1ccc(CCNC(=O)C23C[C@H]4C[C@H](C2)CC(c2ccc(OC)cc2)(C4)C3)cc1. The molecule has 2 atom stereocenters. The van der Waals surface area contributed by atoms with Crippen molar-refractivity contribution in [2.45, 2.75) is 50.4 Å². The summed E-state index contributed by atoms with van der Waals surface area (Å²) in [5, 5.41) is 3.31. The number of amides is 1. The van der Waals surface area contributed by atoms with E-state index in [-0.39, 0.29) is 16.7 Å². The Hall–Kier alpha value is -2.49. The Kier molecular flexibility index (Phi) is 5.19. The molecule has 1 N–H and O–H groups in total. The third-order valence-corrected chi connectivity index (χ3v) is 8.10. The predicted molar refractivity (Wildman–Crippen MR) is 121 cm³/mol. The first-order chi connectivity index (χ1) is 15.0. The summed E-state index contributed by atoms with van der Waals surface area (Å²) in [6, 6.07) is 16.8. The largest absolute Gasteiger partial charge is 0.497 e. The molecule has 0 radical (unpaired) electrons. The molecule has 2 aromatic carbocycles. The summed E-state index contributed by atoms with van der Waals surface area (Å²) in [6.07, 6.45) is 7.74. The van der Waals surface area contributed by atoms with E-state index in [9.17, 15) is 4.79 Å². The van der Waals surface area contributed by atoms with Gasteiger partial charge in [-0.2, -0.15) is 0 Å². The van der Waals surface area contributed by atoms with Gasteiger partial charge in [-0.05, 0) is 97.6 Å². The average molecular weight is 420 g/mol. The maximum atomic E-state index is 13.5. The van der Waals surface area contributed by atoms with Gasteiger partial charge in [0.05, 0.1) is 19.6 Å². The molecule has 0 saturated heterocycles. The summed E-state index contributed by atoms with van der Waals surface area (Å²) in [4.78, 5) is 13.5. The lowest BCUT2D eigenvalue weighted by Crippen LogP contribution is -2.59. The van der Waals surface area contributed by atoms with Crippen LogP contribution in [0.1, 0.15) is 49.7 Å². The number of hydrogen-bond acceptors (Lipinski definition) is 3. The van der Waals surface area contributed by atoms with E-state index in [1.54, 1.807) is 14.2 Å². The molecule has 4 aliphatic rings. The quantitative estimate of drug-likeness (QED) is 0.694. The number of carbonyl (C=O) groups excluding carboxylic acids is 1. The van der Waals surface area contributed by atoms with Crippen molar-refractivity contribution in [2.75, 3.05) is 20.8 Å². The smallest absolute Gasteiger partial charge is 0.226 e. The van der Waals surface area contributed by atoms with E-state index in [0.717, 1.165) is 37.2 Å². The summed E-state index contributed by atoms with van der Waals surface area (Å²) >= 11 is 0. The zero-order chi connectivity index (χ0) is 21.5. The number of hydrogen-bond donors (Lipinski definition) is 1. The highest BCUT2D eigenvalue weighted by Crippen LogP contribution is 2.65. The fourth-order valence-electron chi connectivity index (χ4n) is 7.11. The second-order valence-corrected chi connectivity index (χ2v) is 10.1. The number of rotatable bonds is 7. The van der Waals surface area contributed by atoms with E-state index in [1.807, 2.05) is 12.1 Å². The van der Waals surface area contributed by atoms with Crippen LogP contribution in [0.25, 0.3) is 0 Å². The van der Waals surface area contributed by atoms with Crippen molar-refractivity contribution in [1.29, 1.82) is 0 Å². The van der Waals surface area contributed by atoms with Crippen molar-refractivity contribution in [3.63, 3.8) is 0 Å². The van der Waals surface area contributed by atoms with E-state index >= 15 is 0 Å². The molecule has 1 amide bonds. The monoisotopic (exact) mass is 419 g/mol. The minimum Gasteiger partial charge on any atom is -0.497 e. The first kappa shape index (κ1) is 20.4. The van der Waals surface area contributed by atoms with Gasteiger partial charge < -0.3 is 14.8 Å². The summed E-state index contributed by atoms with van der Waals surface area (Å²) in [6.45, 7) is 0.692. The van der Waals surface area contributed by atoms with E-state index in [2.05, 4.69) is 41.7 Å². The molecule has 0 aromatic heterocycles. The topological polar surface area (TPSA) is 47.6 Å². The summed E-state index contributed by atoms with van der Waals surface area (Å²) in [5.41, 5.74) is 2.59. The van der Waals surface area contributed by atoms with Crippen LogP contribution >= 0.6 is 0 Å². The highest BCUT2D eigenvalue weighted by Gasteiger charge is 2.60. The van der Waals surface area contributed by atoms with Gasteiger partial charge >= 0.3 is 0 Å². The molecule has 0 aliphatic heterocycles. The second kappa shape index (κ2) is 7.89. The van der Waals surface area contributed by atoms with Crippen LogP contribution in [-0.4, -0.2) is 26.7 Å². The van der Waals surface area contributed by atoms with Crippen LogP contribution in [0.4, 0.5) is 0 Å². The first-order valence-corrected chi connectivity index (χ1v) is 11.6. The van der Waals surface area contributed by atoms with Crippen LogP contribution in [-0.2, 0) is 16.6 Å². The fourth-order valence-corrected chi connectivity index (χ4v) is 7.11. The molecule has 6 rings (SSSR count). The van der Waals surface area contributed by atoms with E-state index in [4.69, 9.17) is 9.47 Å². The minimum atomic E-state index is -0.191. The number of benzene rings is 2. The molecular formula is C27H33NO3. The van der Waals surface area contributed by atoms with Gasteiger partial charge in [-0.15, -0.1) is 0 Å². The van der Waals surface area contributed by atoms with Crippen LogP contribution in [0.5, 0.6) is 11.5 Å². The van der Waals surface area contributed by atoms with E-state index in [0.29, 0.717) is 18.4 Å². The molecule has 0 heterocycles. The lowest BCUT2D eigenvalue weighted by Gasteiger charge is -2.61. The van der Waals surface area contributed by atoms with Crippen molar-refractivity contribution >= 4 is 5.91 Å². The molecule has 4 heteroatoms. The Labute approximate surface area is 185 Å². The van der Waals surface area contributed by atoms with Crippen molar-refractivity contribution in [3.05, 3.63) is 59.7 Å². The number of carbonyl (C=O) groups is 1. The standard InChI is InChI=1S/C27H33NO3/c1-30-23-7-3-19(4-8-23)11-12-28-25(29)27-16-20-13-21(17-27)15-26(14-20,18-27)22-5-9-24(31-2)10-6-22/h3-10,20-21H,11-18H2,1-2H3,(H,28,29)/t20-,21-,26?,27?/m0/s1. The molecule has 0 spiro atoms. The van der Waals surface area contributed by atoms with Gasteiger partial charge in [-0.3, -0.25) is 4.79 Å². The number of nitrogens with one attached hydrogen (secondary N) is 1. The van der Waals surface area contributed by atoms with Gasteiger partial charge in [0.1, 0.15) is 11.5 Å². The summed E-state index contributed by atoms with van der Waals surface area (Å²) < 4.78 is 10.6. The summed E-state index contributed by atoms with van der Waals surface area (Å²) in [5.74, 6) is 3.41. The van der Waals surface area contributed by atoms with Crippen LogP contribution < -0.4 is 14.8 Å².